The maximum atomic E-state index is 14.2. The zero-order valence-corrected chi connectivity index (χ0v) is 34.1. The van der Waals surface area contributed by atoms with Crippen LogP contribution < -0.4 is 10.2 Å². The van der Waals surface area contributed by atoms with Crippen molar-refractivity contribution in [2.75, 3.05) is 44.2 Å². The Hall–Kier alpha value is -5.60. The van der Waals surface area contributed by atoms with Gasteiger partial charge in [0.25, 0.3) is 0 Å². The molecule has 3 N–H and O–H groups in total. The molecule has 0 spiro atoms. The molecule has 2 aromatic carbocycles. The summed E-state index contributed by atoms with van der Waals surface area (Å²) in [6.07, 6.45) is 1.41. The summed E-state index contributed by atoms with van der Waals surface area (Å²) < 4.78 is 5.88. The highest BCUT2D eigenvalue weighted by Crippen LogP contribution is 2.37. The number of phenols is 1. The summed E-state index contributed by atoms with van der Waals surface area (Å²) in [4.78, 5) is 43.3. The molecule has 0 unspecified atom stereocenters. The van der Waals surface area contributed by atoms with Crippen LogP contribution in [0, 0.1) is 18.8 Å². The van der Waals surface area contributed by atoms with Crippen molar-refractivity contribution < 1.29 is 19.2 Å². The van der Waals surface area contributed by atoms with E-state index in [9.17, 15) is 14.7 Å². The minimum absolute atomic E-state index is 0.0376. The Morgan fingerprint density at radius 2 is 1.81 bits per heavy atom. The summed E-state index contributed by atoms with van der Waals surface area (Å²) in [6.45, 7) is 13.3. The number of benzene rings is 2. The van der Waals surface area contributed by atoms with Crippen LogP contribution in [-0.2, 0) is 9.59 Å². The molecule has 2 amide bonds. The molecule has 3 atom stereocenters. The molecule has 300 valence electrons. The second-order valence-electron chi connectivity index (χ2n) is 16.6. The first kappa shape index (κ1) is 37.9. The molecule has 0 saturated carbocycles. The van der Waals surface area contributed by atoms with E-state index < -0.39 is 12.0 Å². The molecule has 3 fully saturated rings. The van der Waals surface area contributed by atoms with Crippen LogP contribution in [-0.4, -0.2) is 97.4 Å². The average molecular weight is 800 g/mol. The van der Waals surface area contributed by atoms with Gasteiger partial charge in [0.2, 0.25) is 11.8 Å². The first-order valence-electron chi connectivity index (χ1n) is 20.3. The molecule has 0 bridgehead atoms. The highest BCUT2D eigenvalue weighted by molar-refractivity contribution is 7.13. The van der Waals surface area contributed by atoms with E-state index in [1.165, 1.54) is 0 Å². The number of fused-ring (bicyclic) bond motifs is 1. The van der Waals surface area contributed by atoms with E-state index in [-0.39, 0.29) is 29.5 Å². The predicted octanol–water partition coefficient (Wildman–Crippen LogP) is 6.89. The van der Waals surface area contributed by atoms with E-state index in [0.29, 0.717) is 41.8 Å². The number of aromatic nitrogens is 5. The van der Waals surface area contributed by atoms with Gasteiger partial charge in [-0.3, -0.25) is 9.59 Å². The van der Waals surface area contributed by atoms with Crippen LogP contribution in [0.25, 0.3) is 32.7 Å². The van der Waals surface area contributed by atoms with E-state index in [0.717, 1.165) is 83.4 Å². The Kier molecular flexibility index (Phi) is 10.2. The normalized spacial score (nSPS) is 18.7. The van der Waals surface area contributed by atoms with Crippen molar-refractivity contribution in [1.29, 1.82) is 0 Å². The molecule has 6 aromatic rings. The minimum Gasteiger partial charge on any atom is -0.507 e. The summed E-state index contributed by atoms with van der Waals surface area (Å²) in [6, 6.07) is 20.7. The van der Waals surface area contributed by atoms with Crippen LogP contribution in [0.3, 0.4) is 0 Å². The number of H-pyrrole nitrogens is 1. The van der Waals surface area contributed by atoms with Crippen molar-refractivity contribution in [3.63, 3.8) is 0 Å². The minimum atomic E-state index is -0.530. The van der Waals surface area contributed by atoms with Gasteiger partial charge in [0.15, 0.2) is 17.2 Å². The molecule has 3 aliphatic rings. The summed E-state index contributed by atoms with van der Waals surface area (Å²) >= 11 is 1.62. The first-order valence-corrected chi connectivity index (χ1v) is 21.2. The quantitative estimate of drug-likeness (QED) is 0.119. The fourth-order valence-corrected chi connectivity index (χ4v) is 9.65. The zero-order valence-electron chi connectivity index (χ0n) is 33.3. The molecular formula is C44H49N9O4S. The van der Waals surface area contributed by atoms with Gasteiger partial charge < -0.3 is 34.6 Å². The lowest BCUT2D eigenvalue weighted by molar-refractivity contribution is -0.141. The Balaban J connectivity index is 0.766. The number of carbonyl (C=O) groups excluding carboxylic acids is 2. The molecule has 3 saturated heterocycles. The van der Waals surface area contributed by atoms with E-state index in [2.05, 4.69) is 58.6 Å². The maximum absolute atomic E-state index is 14.2. The summed E-state index contributed by atoms with van der Waals surface area (Å²) in [5.74, 6) is 1.65. The first-order chi connectivity index (χ1) is 28.1. The lowest BCUT2D eigenvalue weighted by Crippen LogP contribution is -2.55. The van der Waals surface area contributed by atoms with Crippen LogP contribution in [0.2, 0.25) is 0 Å². The lowest BCUT2D eigenvalue weighted by Gasteiger charge is -2.46. The third kappa shape index (κ3) is 7.35. The third-order valence-corrected chi connectivity index (χ3v) is 13.1. The van der Waals surface area contributed by atoms with Crippen molar-refractivity contribution in [3.8, 4) is 27.4 Å². The fraction of sp³-hybridized carbons (Fsp3) is 0.409. The largest absolute Gasteiger partial charge is 0.507 e. The highest BCUT2D eigenvalue weighted by atomic mass is 32.1. The molecule has 0 aliphatic carbocycles. The number of aromatic hydroxyl groups is 1. The van der Waals surface area contributed by atoms with E-state index in [1.54, 1.807) is 28.4 Å². The second-order valence-corrected chi connectivity index (χ2v) is 17.4. The van der Waals surface area contributed by atoms with Gasteiger partial charge in [-0.1, -0.05) is 55.4 Å². The molecule has 13 nitrogen and oxygen atoms in total. The van der Waals surface area contributed by atoms with Gasteiger partial charge in [0.1, 0.15) is 17.7 Å². The van der Waals surface area contributed by atoms with Gasteiger partial charge in [-0.15, -0.1) is 21.5 Å². The number of nitrogens with one attached hydrogen (secondary N) is 2. The van der Waals surface area contributed by atoms with Crippen LogP contribution >= 0.6 is 11.3 Å². The molecule has 3 aliphatic heterocycles. The molecule has 0 radical (unpaired) electrons. The van der Waals surface area contributed by atoms with Gasteiger partial charge in [0.05, 0.1) is 27.8 Å². The number of phenolic OH excluding ortho intramolecular Hbond substituents is 1. The number of para-hydroxylation sites is 1. The standard InChI is InChI=1S/C44H49N9O4S/c1-25(2)40(44(56)53-15-7-9-36(53)43(55)46-26(3)29-11-13-30(14-12-29)41-27(4)45-24-58-41)38-18-39(50-57-38)52-20-28(21-52)19-51-22-32(23-51)34-16-31-17-35(48-49-42(31)47-34)33-8-5-6-10-37(33)54/h5-6,8,10-14,16-18,24-26,28,32,36,40,54H,7,9,15,19-23H2,1-4H3,(H,46,55)(H,47,49)/t26-,36-,40-/m0/s1. The Morgan fingerprint density at radius 3 is 2.55 bits per heavy atom. The number of aromatic amines is 1. The third-order valence-electron chi connectivity index (χ3n) is 12.1. The van der Waals surface area contributed by atoms with E-state index in [1.807, 2.05) is 69.6 Å². The second kappa shape index (κ2) is 15.6. The number of amides is 2. The maximum Gasteiger partial charge on any atom is 0.243 e. The van der Waals surface area contributed by atoms with Crippen LogP contribution in [0.4, 0.5) is 5.82 Å². The van der Waals surface area contributed by atoms with Crippen molar-refractivity contribution in [2.24, 2.45) is 11.8 Å². The smallest absolute Gasteiger partial charge is 0.243 e. The van der Waals surface area contributed by atoms with E-state index >= 15 is 0 Å². The lowest BCUT2D eigenvalue weighted by atomic mass is 9.90. The summed E-state index contributed by atoms with van der Waals surface area (Å²) in [5, 5.41) is 27.6. The topological polar surface area (TPSA) is 157 Å². The van der Waals surface area contributed by atoms with Crippen molar-refractivity contribution in [2.45, 2.75) is 64.5 Å². The number of carbonyl (C=O) groups is 2. The average Bonchev–Trinajstić information content (AvgIpc) is 4.01. The molecule has 7 heterocycles. The number of aryl methyl sites for hydroxylation is 1. The Labute approximate surface area is 341 Å². The number of thiazole rings is 1. The molecule has 58 heavy (non-hydrogen) atoms. The van der Waals surface area contributed by atoms with Gasteiger partial charge >= 0.3 is 0 Å². The van der Waals surface area contributed by atoms with E-state index in [4.69, 9.17) is 4.52 Å². The molecule has 4 aromatic heterocycles. The number of hydrogen-bond donors (Lipinski definition) is 3. The van der Waals surface area contributed by atoms with Gasteiger partial charge in [0, 0.05) is 73.8 Å². The number of rotatable bonds is 12. The number of anilines is 1. The Morgan fingerprint density at radius 1 is 1.02 bits per heavy atom. The van der Waals surface area contributed by atoms with Gasteiger partial charge in [-0.2, -0.15) is 0 Å². The van der Waals surface area contributed by atoms with Crippen LogP contribution in [0.15, 0.2) is 76.8 Å². The van der Waals surface area contributed by atoms with Crippen molar-refractivity contribution in [3.05, 3.63) is 95.0 Å². The number of hydrogen-bond acceptors (Lipinski definition) is 11. The number of likely N-dealkylation sites (tertiary alicyclic amines) is 2. The van der Waals surface area contributed by atoms with Crippen molar-refractivity contribution in [1.82, 2.24) is 40.4 Å². The fourth-order valence-electron chi connectivity index (χ4n) is 8.84. The highest BCUT2D eigenvalue weighted by Gasteiger charge is 2.41. The monoisotopic (exact) mass is 799 g/mol. The van der Waals surface area contributed by atoms with Crippen LogP contribution in [0.5, 0.6) is 5.75 Å². The molecule has 14 heteroatoms. The number of nitrogens with zero attached hydrogens (tertiary/aromatic N) is 7. The molecule has 9 rings (SSSR count). The zero-order chi connectivity index (χ0) is 40.1. The van der Waals surface area contributed by atoms with Gasteiger partial charge in [-0.25, -0.2) is 4.98 Å². The SMILES string of the molecule is Cc1ncsc1-c1ccc([C@H](C)NC(=O)[C@@H]2CCCN2C(=O)[C@H](c2cc(N3CC(CN4CC(c5cc6cc(-c7ccccc7O)nnc6[nH]5)C4)C3)no2)C(C)C)cc1. The molecular weight excluding hydrogens is 751 g/mol. The van der Waals surface area contributed by atoms with Crippen LogP contribution in [0.1, 0.15) is 74.2 Å². The Bertz CT molecular complexity index is 2430. The summed E-state index contributed by atoms with van der Waals surface area (Å²) in [7, 11) is 0. The summed E-state index contributed by atoms with van der Waals surface area (Å²) in [5.41, 5.74) is 8.22. The van der Waals surface area contributed by atoms with Gasteiger partial charge in [-0.05, 0) is 68.0 Å². The predicted molar refractivity (Wildman–Crippen MR) is 224 cm³/mol. The van der Waals surface area contributed by atoms with Crippen molar-refractivity contribution >= 4 is 40.0 Å².